The maximum absolute atomic E-state index is 13.5. The predicted octanol–water partition coefficient (Wildman–Crippen LogP) is 6.74. The third-order valence-electron chi connectivity index (χ3n) is 5.85. The van der Waals surface area contributed by atoms with Gasteiger partial charge in [0.15, 0.2) is 0 Å². The van der Waals surface area contributed by atoms with Crippen molar-refractivity contribution in [3.8, 4) is 0 Å². The number of ether oxygens (including phenoxy) is 2. The largest absolute Gasteiger partial charge is 0.469 e. The van der Waals surface area contributed by atoms with Crippen LogP contribution in [0.15, 0.2) is 51.2 Å². The number of hydrogen-bond donors (Lipinski definition) is 1. The molecule has 0 aliphatic carbocycles. The molecule has 0 atom stereocenters. The fourth-order valence-corrected chi connectivity index (χ4v) is 6.33. The van der Waals surface area contributed by atoms with Gasteiger partial charge in [-0.1, -0.05) is 11.8 Å². The summed E-state index contributed by atoms with van der Waals surface area (Å²) in [6.45, 7) is 6.78. The number of aromatic nitrogens is 3. The number of likely N-dealkylation sites (tertiary alicyclic amines) is 1. The van der Waals surface area contributed by atoms with Crippen LogP contribution in [-0.4, -0.2) is 62.9 Å². The van der Waals surface area contributed by atoms with Crippen molar-refractivity contribution < 1.29 is 23.5 Å². The van der Waals surface area contributed by atoms with Crippen LogP contribution >= 0.6 is 35.1 Å². The molecule has 1 amide bonds. The number of thioether (sulfide) groups is 1. The van der Waals surface area contributed by atoms with Crippen LogP contribution in [0.3, 0.4) is 0 Å². The molecule has 3 aromatic rings. The monoisotopic (exact) mass is 605 g/mol. The van der Waals surface area contributed by atoms with Crippen molar-refractivity contribution >= 4 is 58.1 Å². The topological polar surface area (TPSA) is 107 Å². The first-order valence-corrected chi connectivity index (χ1v) is 15.4. The minimum Gasteiger partial charge on any atom is -0.469 e. The maximum atomic E-state index is 13.5. The Morgan fingerprint density at radius 2 is 1.90 bits per heavy atom. The lowest BCUT2D eigenvalue weighted by Gasteiger charge is -2.32. The molecule has 0 saturated carbocycles. The number of methoxy groups -OCH3 is 1. The summed E-state index contributed by atoms with van der Waals surface area (Å²) >= 11 is 4.22. The third-order valence-corrected chi connectivity index (χ3v) is 8.50. The Bertz CT molecular complexity index is 1310. The van der Waals surface area contributed by atoms with Gasteiger partial charge in [-0.05, 0) is 63.9 Å². The Kier molecular flexibility index (Phi) is 10.3. The normalized spacial score (nSPS) is 14.2. The van der Waals surface area contributed by atoms with Crippen molar-refractivity contribution in [2.45, 2.75) is 66.2 Å². The first kappa shape index (κ1) is 30.1. The molecule has 4 rings (SSSR count). The molecule has 1 aromatic carbocycles. The van der Waals surface area contributed by atoms with E-state index in [0.717, 1.165) is 33.4 Å². The lowest BCUT2D eigenvalue weighted by molar-refractivity contribution is -0.140. The Morgan fingerprint density at radius 3 is 2.58 bits per heavy atom. The Labute approximate surface area is 245 Å². The van der Waals surface area contributed by atoms with Gasteiger partial charge in [-0.3, -0.25) is 4.79 Å². The molecule has 13 heteroatoms. The third kappa shape index (κ3) is 8.80. The number of benzene rings is 1. The van der Waals surface area contributed by atoms with E-state index in [0.29, 0.717) is 36.2 Å². The Morgan fingerprint density at radius 1 is 1.18 bits per heavy atom. The second-order valence-corrected chi connectivity index (χ2v) is 13.1. The van der Waals surface area contributed by atoms with Crippen LogP contribution in [0, 0.1) is 5.82 Å². The zero-order valence-corrected chi connectivity index (χ0v) is 25.3. The summed E-state index contributed by atoms with van der Waals surface area (Å²) in [6, 6.07) is 8.26. The van der Waals surface area contributed by atoms with E-state index in [-0.39, 0.29) is 23.8 Å². The number of pyridine rings is 1. The predicted molar refractivity (Wildman–Crippen MR) is 155 cm³/mol. The highest BCUT2D eigenvalue weighted by molar-refractivity contribution is 8.00. The number of halogens is 1. The highest BCUT2D eigenvalue weighted by Crippen LogP contribution is 2.37. The van der Waals surface area contributed by atoms with E-state index in [2.05, 4.69) is 14.7 Å². The standard InChI is InChI=1S/C27H32FN5O4S3/c1-27(2,3)37-26(35)33-12-9-17(10-13-33)23-30-25(40-32-23)31-24-21(39-19-7-5-18(28)6-8-19)15-20(16-29-24)38-14-11-22(34)36-4/h5-8,15-17H,9-14H2,1-4H3,(H,29,30,31,32). The van der Waals surface area contributed by atoms with E-state index >= 15 is 0 Å². The lowest BCUT2D eigenvalue weighted by Crippen LogP contribution is -2.41. The lowest BCUT2D eigenvalue weighted by atomic mass is 9.96. The molecule has 0 unspecified atom stereocenters. The van der Waals surface area contributed by atoms with Crippen LogP contribution in [0.2, 0.25) is 0 Å². The van der Waals surface area contributed by atoms with Gasteiger partial charge in [0, 0.05) is 52.3 Å². The quantitative estimate of drug-likeness (QED) is 0.208. The minimum atomic E-state index is -0.521. The van der Waals surface area contributed by atoms with Crippen molar-refractivity contribution in [3.05, 3.63) is 48.2 Å². The van der Waals surface area contributed by atoms with Crippen LogP contribution < -0.4 is 5.32 Å². The molecule has 1 aliphatic heterocycles. The highest BCUT2D eigenvalue weighted by Gasteiger charge is 2.29. The first-order valence-electron chi connectivity index (χ1n) is 12.8. The van der Waals surface area contributed by atoms with E-state index in [1.54, 1.807) is 23.2 Å². The van der Waals surface area contributed by atoms with E-state index in [4.69, 9.17) is 14.5 Å². The highest BCUT2D eigenvalue weighted by atomic mass is 32.2. The van der Waals surface area contributed by atoms with Crippen LogP contribution in [0.4, 0.5) is 20.1 Å². The molecule has 9 nitrogen and oxygen atoms in total. The van der Waals surface area contributed by atoms with Crippen molar-refractivity contribution in [2.24, 2.45) is 0 Å². The van der Waals surface area contributed by atoms with E-state index in [1.807, 2.05) is 26.8 Å². The number of carbonyl (C=O) groups is 2. The van der Waals surface area contributed by atoms with Gasteiger partial charge in [0.25, 0.3) is 0 Å². The van der Waals surface area contributed by atoms with E-state index < -0.39 is 5.60 Å². The number of nitrogens with zero attached hydrogens (tertiary/aromatic N) is 4. The van der Waals surface area contributed by atoms with Gasteiger partial charge >= 0.3 is 12.1 Å². The number of esters is 1. The van der Waals surface area contributed by atoms with Crippen LogP contribution in [0.5, 0.6) is 0 Å². The first-order chi connectivity index (χ1) is 19.1. The summed E-state index contributed by atoms with van der Waals surface area (Å²) in [4.78, 5) is 37.5. The number of hydrogen-bond acceptors (Lipinski definition) is 11. The molecule has 1 aliphatic rings. The van der Waals surface area contributed by atoms with Crippen LogP contribution in [0.25, 0.3) is 0 Å². The molecule has 1 saturated heterocycles. The van der Waals surface area contributed by atoms with Crippen molar-refractivity contribution in [3.63, 3.8) is 0 Å². The molecule has 40 heavy (non-hydrogen) atoms. The maximum Gasteiger partial charge on any atom is 0.410 e. The SMILES string of the molecule is COC(=O)CCSc1cnc(Nc2nc(C3CCN(C(=O)OC(C)(C)C)CC3)ns2)c(Sc2ccc(F)cc2)c1. The van der Waals surface area contributed by atoms with Gasteiger partial charge in [0.2, 0.25) is 5.13 Å². The molecule has 0 spiro atoms. The number of piperidine rings is 1. The fraction of sp³-hybridized carbons (Fsp3) is 0.444. The molecule has 1 N–H and O–H groups in total. The summed E-state index contributed by atoms with van der Waals surface area (Å²) in [6.07, 6.45) is 3.27. The number of anilines is 2. The fourth-order valence-electron chi connectivity index (χ4n) is 3.86. The average molecular weight is 606 g/mol. The molecule has 1 fully saturated rings. The molecule has 3 heterocycles. The second kappa shape index (κ2) is 13.6. The van der Waals surface area contributed by atoms with Crippen molar-refractivity contribution in [1.29, 1.82) is 0 Å². The summed E-state index contributed by atoms with van der Waals surface area (Å²) in [5.74, 6) is 1.51. The Hall–Kier alpha value is -2.90. The zero-order chi connectivity index (χ0) is 28.7. The van der Waals surface area contributed by atoms with Crippen molar-refractivity contribution in [2.75, 3.05) is 31.3 Å². The summed E-state index contributed by atoms with van der Waals surface area (Å²) < 4.78 is 28.2. The minimum absolute atomic E-state index is 0.153. The smallest absolute Gasteiger partial charge is 0.410 e. The van der Waals surface area contributed by atoms with Gasteiger partial charge < -0.3 is 19.7 Å². The Balaban J connectivity index is 1.43. The van der Waals surface area contributed by atoms with Gasteiger partial charge in [0.05, 0.1) is 18.4 Å². The van der Waals surface area contributed by atoms with Crippen LogP contribution in [0.1, 0.15) is 51.8 Å². The number of amides is 1. The molecule has 2 aromatic heterocycles. The summed E-state index contributed by atoms with van der Waals surface area (Å²) in [7, 11) is 1.37. The number of nitrogens with one attached hydrogen (secondary N) is 1. The summed E-state index contributed by atoms with van der Waals surface area (Å²) in [5.41, 5.74) is -0.521. The van der Waals surface area contributed by atoms with E-state index in [1.165, 1.54) is 54.3 Å². The number of rotatable bonds is 9. The van der Waals surface area contributed by atoms with Crippen molar-refractivity contribution in [1.82, 2.24) is 19.2 Å². The van der Waals surface area contributed by atoms with Gasteiger partial charge in [-0.25, -0.2) is 19.2 Å². The molecular weight excluding hydrogens is 574 g/mol. The average Bonchev–Trinajstić information content (AvgIpc) is 3.39. The van der Waals surface area contributed by atoms with Gasteiger partial charge in [-0.15, -0.1) is 11.8 Å². The zero-order valence-electron chi connectivity index (χ0n) is 22.8. The molecule has 0 bridgehead atoms. The van der Waals surface area contributed by atoms with Crippen LogP contribution in [-0.2, 0) is 14.3 Å². The number of carbonyl (C=O) groups excluding carboxylic acids is 2. The van der Waals surface area contributed by atoms with E-state index in [9.17, 15) is 14.0 Å². The molecule has 214 valence electrons. The molecule has 0 radical (unpaired) electrons. The molecular formula is C27H32FN5O4S3. The van der Waals surface area contributed by atoms with Gasteiger partial charge in [-0.2, -0.15) is 4.37 Å². The van der Waals surface area contributed by atoms with Gasteiger partial charge in [0.1, 0.15) is 23.1 Å². The summed E-state index contributed by atoms with van der Waals surface area (Å²) in [5, 5.41) is 3.91. The second-order valence-electron chi connectivity index (χ2n) is 10.1.